The Morgan fingerprint density at radius 1 is 0.909 bits per heavy atom. The van der Waals surface area contributed by atoms with Crippen LogP contribution < -0.4 is 0 Å². The molecule has 1 aliphatic carbocycles. The summed E-state index contributed by atoms with van der Waals surface area (Å²) >= 11 is 0. The lowest BCUT2D eigenvalue weighted by atomic mass is 9.79. The van der Waals surface area contributed by atoms with Crippen molar-refractivity contribution in [1.29, 1.82) is 0 Å². The largest absolute Gasteiger partial charge is 0.347 e. The molecule has 0 unspecified atom stereocenters. The van der Waals surface area contributed by atoms with Gasteiger partial charge in [0.2, 0.25) is 0 Å². The highest BCUT2D eigenvalue weighted by Gasteiger charge is 2.25. The molecule has 0 spiro atoms. The first-order valence-corrected chi connectivity index (χ1v) is 8.42. The topological polar surface area (TPSA) is 4.93 Å². The number of aromatic nitrogens is 1. The van der Waals surface area contributed by atoms with Crippen LogP contribution >= 0.6 is 0 Å². The van der Waals surface area contributed by atoms with Gasteiger partial charge in [-0.1, -0.05) is 59.3 Å². The lowest BCUT2D eigenvalue weighted by molar-refractivity contribution is 0.482. The van der Waals surface area contributed by atoms with Crippen molar-refractivity contribution in [2.75, 3.05) is 0 Å². The van der Waals surface area contributed by atoms with Crippen LogP contribution in [0, 0.1) is 5.41 Å². The molecule has 0 atom stereocenters. The number of nitrogens with zero attached hydrogens (tertiary/aromatic N) is 1. The molecule has 0 aliphatic heterocycles. The summed E-state index contributed by atoms with van der Waals surface area (Å²) in [5, 5.41) is 1.42. The first-order chi connectivity index (χ1) is 10.1. The monoisotopic (exact) mass is 295 g/mol. The van der Waals surface area contributed by atoms with E-state index in [9.17, 15) is 0 Å². The molecule has 1 aromatic heterocycles. The fourth-order valence-corrected chi connectivity index (χ4v) is 3.55. The standard InChI is InChI=1S/C21H29N/c1-20(2,3)14-8-10-18-16(12-14)17-13-15(21(4,5)6)9-11-19(17)22(18)7/h8,10,12-13H,9,11H2,1-7H3. The van der Waals surface area contributed by atoms with Crippen LogP contribution in [-0.2, 0) is 18.9 Å². The molecule has 0 radical (unpaired) electrons. The van der Waals surface area contributed by atoms with E-state index in [1.54, 1.807) is 5.57 Å². The molecular weight excluding hydrogens is 266 g/mol. The van der Waals surface area contributed by atoms with Crippen molar-refractivity contribution in [3.63, 3.8) is 0 Å². The minimum atomic E-state index is 0.197. The average Bonchev–Trinajstić information content (AvgIpc) is 2.70. The Labute approximate surface area is 135 Å². The van der Waals surface area contributed by atoms with Crippen LogP contribution in [0.3, 0.4) is 0 Å². The molecule has 3 rings (SSSR count). The zero-order valence-electron chi connectivity index (χ0n) is 15.2. The molecule has 1 heterocycles. The predicted molar refractivity (Wildman–Crippen MR) is 97.4 cm³/mol. The lowest BCUT2D eigenvalue weighted by Gasteiger charge is -2.26. The Kier molecular flexibility index (Phi) is 3.32. The second kappa shape index (κ2) is 4.75. The van der Waals surface area contributed by atoms with Gasteiger partial charge in [-0.3, -0.25) is 0 Å². The molecule has 1 nitrogen and oxygen atoms in total. The second-order valence-corrected chi connectivity index (χ2v) is 8.82. The maximum Gasteiger partial charge on any atom is 0.0486 e. The molecule has 0 fully saturated rings. The third kappa shape index (κ3) is 2.41. The molecule has 1 aromatic carbocycles. The van der Waals surface area contributed by atoms with Crippen LogP contribution in [0.2, 0.25) is 0 Å². The van der Waals surface area contributed by atoms with Crippen molar-refractivity contribution >= 4 is 17.0 Å². The number of hydrogen-bond donors (Lipinski definition) is 0. The van der Waals surface area contributed by atoms with Gasteiger partial charge in [-0.25, -0.2) is 0 Å². The first kappa shape index (κ1) is 15.4. The molecule has 22 heavy (non-hydrogen) atoms. The molecule has 1 heteroatoms. The Bertz CT molecular complexity index is 758. The SMILES string of the molecule is Cn1c2c(c3cc(C(C)(C)C)ccc31)C=C(C(C)(C)C)CC2. The molecule has 0 saturated heterocycles. The van der Waals surface area contributed by atoms with Crippen molar-refractivity contribution in [3.8, 4) is 0 Å². The van der Waals surface area contributed by atoms with E-state index >= 15 is 0 Å². The number of fused-ring (bicyclic) bond motifs is 3. The maximum atomic E-state index is 2.47. The number of hydrogen-bond acceptors (Lipinski definition) is 0. The van der Waals surface area contributed by atoms with E-state index in [1.165, 1.54) is 34.1 Å². The van der Waals surface area contributed by atoms with Crippen LogP contribution in [0.4, 0.5) is 0 Å². The fourth-order valence-electron chi connectivity index (χ4n) is 3.55. The van der Waals surface area contributed by atoms with Crippen LogP contribution in [0.15, 0.2) is 23.8 Å². The highest BCUT2D eigenvalue weighted by molar-refractivity contribution is 5.93. The van der Waals surface area contributed by atoms with Crippen molar-refractivity contribution in [2.45, 2.75) is 59.8 Å². The van der Waals surface area contributed by atoms with Crippen LogP contribution in [0.1, 0.15) is 64.8 Å². The second-order valence-electron chi connectivity index (χ2n) is 8.82. The summed E-state index contributed by atoms with van der Waals surface area (Å²) in [5.74, 6) is 0. The summed E-state index contributed by atoms with van der Waals surface area (Å²) in [5.41, 5.74) is 7.78. The molecule has 118 valence electrons. The number of aryl methyl sites for hydroxylation is 1. The minimum absolute atomic E-state index is 0.197. The Balaban J connectivity index is 2.27. The summed E-state index contributed by atoms with van der Waals surface area (Å²) in [6.07, 6.45) is 4.81. The lowest BCUT2D eigenvalue weighted by Crippen LogP contribution is -2.14. The van der Waals surface area contributed by atoms with Gasteiger partial charge < -0.3 is 4.57 Å². The van der Waals surface area contributed by atoms with E-state index < -0.39 is 0 Å². The Morgan fingerprint density at radius 3 is 2.18 bits per heavy atom. The zero-order chi connectivity index (χ0) is 16.3. The molecule has 1 aliphatic rings. The van der Waals surface area contributed by atoms with Gasteiger partial charge in [-0.2, -0.15) is 0 Å². The first-order valence-electron chi connectivity index (χ1n) is 8.42. The smallest absolute Gasteiger partial charge is 0.0486 e. The molecule has 0 saturated carbocycles. The number of rotatable bonds is 0. The van der Waals surface area contributed by atoms with E-state index in [4.69, 9.17) is 0 Å². The Hall–Kier alpha value is -1.50. The van der Waals surface area contributed by atoms with Crippen molar-refractivity contribution in [3.05, 3.63) is 40.6 Å². The fraction of sp³-hybridized carbons (Fsp3) is 0.524. The van der Waals surface area contributed by atoms with E-state index in [-0.39, 0.29) is 10.8 Å². The summed E-state index contributed by atoms with van der Waals surface area (Å²) in [4.78, 5) is 0. The van der Waals surface area contributed by atoms with E-state index in [0.717, 1.165) is 6.42 Å². The van der Waals surface area contributed by atoms with Gasteiger partial charge in [0.1, 0.15) is 0 Å². The summed E-state index contributed by atoms with van der Waals surface area (Å²) in [6, 6.07) is 7.01. The van der Waals surface area contributed by atoms with Gasteiger partial charge in [0.25, 0.3) is 0 Å². The average molecular weight is 295 g/mol. The quantitative estimate of drug-likeness (QED) is 0.574. The third-order valence-electron chi connectivity index (χ3n) is 5.14. The summed E-state index contributed by atoms with van der Waals surface area (Å²) in [6.45, 7) is 13.9. The van der Waals surface area contributed by atoms with Crippen LogP contribution in [-0.4, -0.2) is 4.57 Å². The van der Waals surface area contributed by atoms with Crippen molar-refractivity contribution in [1.82, 2.24) is 4.57 Å². The normalized spacial score (nSPS) is 15.9. The van der Waals surface area contributed by atoms with Gasteiger partial charge in [0, 0.05) is 29.2 Å². The van der Waals surface area contributed by atoms with E-state index in [0.29, 0.717) is 0 Å². The molecule has 0 bridgehead atoms. The highest BCUT2D eigenvalue weighted by atomic mass is 14.9. The van der Waals surface area contributed by atoms with Crippen molar-refractivity contribution in [2.24, 2.45) is 12.5 Å². The third-order valence-corrected chi connectivity index (χ3v) is 5.14. The van der Waals surface area contributed by atoms with Gasteiger partial charge in [0.15, 0.2) is 0 Å². The van der Waals surface area contributed by atoms with Gasteiger partial charge in [0.05, 0.1) is 0 Å². The van der Waals surface area contributed by atoms with Gasteiger partial charge in [-0.15, -0.1) is 0 Å². The van der Waals surface area contributed by atoms with E-state index in [1.807, 2.05) is 0 Å². The van der Waals surface area contributed by atoms with Crippen LogP contribution in [0.25, 0.3) is 17.0 Å². The zero-order valence-corrected chi connectivity index (χ0v) is 15.2. The highest BCUT2D eigenvalue weighted by Crippen LogP contribution is 2.40. The maximum absolute atomic E-state index is 2.47. The van der Waals surface area contributed by atoms with E-state index in [2.05, 4.69) is 77.4 Å². The number of benzene rings is 1. The molecule has 0 amide bonds. The minimum Gasteiger partial charge on any atom is -0.347 e. The summed E-state index contributed by atoms with van der Waals surface area (Å²) in [7, 11) is 2.22. The number of allylic oxidation sites excluding steroid dienone is 1. The summed E-state index contributed by atoms with van der Waals surface area (Å²) < 4.78 is 2.40. The van der Waals surface area contributed by atoms with Crippen LogP contribution in [0.5, 0.6) is 0 Å². The van der Waals surface area contributed by atoms with Gasteiger partial charge >= 0.3 is 0 Å². The molecule has 0 N–H and O–H groups in total. The molecule has 2 aromatic rings. The molecular formula is C21H29N. The Morgan fingerprint density at radius 2 is 1.59 bits per heavy atom. The predicted octanol–water partition coefficient (Wildman–Crippen LogP) is 5.85. The van der Waals surface area contributed by atoms with Gasteiger partial charge in [-0.05, 0) is 41.4 Å². The van der Waals surface area contributed by atoms with Crippen molar-refractivity contribution < 1.29 is 0 Å².